The fourth-order valence-electron chi connectivity index (χ4n) is 7.83. The molecule has 0 aliphatic carbocycles. The number of aromatic nitrogens is 4. The van der Waals surface area contributed by atoms with Crippen LogP contribution in [0.2, 0.25) is 0 Å². The molecule has 2 N–H and O–H groups in total. The number of hydrogen-bond donors (Lipinski definition) is 2. The molecular formula is C46H50Br2N4O14. The van der Waals surface area contributed by atoms with Crippen LogP contribution in [0.15, 0.2) is 21.1 Å². The number of aryl methyl sites for hydroxylation is 3. The molecule has 0 radical (unpaired) electrons. The van der Waals surface area contributed by atoms with Gasteiger partial charge in [-0.1, -0.05) is 0 Å². The number of esters is 7. The van der Waals surface area contributed by atoms with E-state index in [0.29, 0.717) is 98.3 Å². The molecule has 0 saturated heterocycles. The van der Waals surface area contributed by atoms with Crippen LogP contribution in [-0.2, 0) is 86.0 Å². The number of H-pyrrole nitrogens is 2. The third kappa shape index (κ3) is 11.4. The number of nitrogens with zero attached hydrogens (tertiary/aromatic N) is 2. The first-order chi connectivity index (χ1) is 31.5. The van der Waals surface area contributed by atoms with E-state index in [-0.39, 0.29) is 70.6 Å². The number of aromatic amines is 2. The summed E-state index contributed by atoms with van der Waals surface area (Å²) in [6, 6.07) is 3.36. The standard InChI is InChI=1S/C46H50Br2N4O14/c1-22-23(9-13-34(53)60-2)44-42(48)46-29(19-40(59)66-8)25(11-15-36(55)62-4)31(50-46)21-32-27(17-38(57)64-6)24(10-14-35(54)61-3)30(49-32)20-33-28(18-39(58)65-7)26(12-16-37(56)63-5)45(51-33)41(47)43(22)52-44/h20-21,49,52H,9-19H2,1-8H3. The molecule has 0 spiro atoms. The van der Waals surface area contributed by atoms with Crippen LogP contribution in [0.1, 0.15) is 96.4 Å². The molecule has 0 amide bonds. The van der Waals surface area contributed by atoms with Gasteiger partial charge < -0.3 is 43.1 Å². The van der Waals surface area contributed by atoms with Gasteiger partial charge in [-0.25, -0.2) is 9.97 Å². The fraction of sp³-hybridized carbons (Fsp3) is 0.413. The van der Waals surface area contributed by atoms with E-state index >= 15 is 0 Å². The minimum atomic E-state index is -0.606. The van der Waals surface area contributed by atoms with Crippen LogP contribution >= 0.6 is 31.9 Å². The molecule has 352 valence electrons. The average molecular weight is 1040 g/mol. The van der Waals surface area contributed by atoms with Gasteiger partial charge in [0.2, 0.25) is 0 Å². The van der Waals surface area contributed by atoms with Crippen molar-refractivity contribution in [3.63, 3.8) is 0 Å². The van der Waals surface area contributed by atoms with E-state index < -0.39 is 41.8 Å². The number of ether oxygens (including phenoxy) is 7. The van der Waals surface area contributed by atoms with Crippen LogP contribution in [0.5, 0.6) is 0 Å². The van der Waals surface area contributed by atoms with E-state index in [2.05, 4.69) is 41.8 Å². The van der Waals surface area contributed by atoms with Crippen molar-refractivity contribution in [2.75, 3.05) is 49.8 Å². The van der Waals surface area contributed by atoms with Gasteiger partial charge in [0.15, 0.2) is 0 Å². The van der Waals surface area contributed by atoms with Crippen LogP contribution in [0, 0.1) is 6.92 Å². The van der Waals surface area contributed by atoms with Crippen LogP contribution in [-0.4, -0.2) is 111 Å². The number of hydrogen-bond acceptors (Lipinski definition) is 16. The monoisotopic (exact) mass is 1040 g/mol. The van der Waals surface area contributed by atoms with Crippen LogP contribution < -0.4 is 0 Å². The molecule has 20 heteroatoms. The lowest BCUT2D eigenvalue weighted by molar-refractivity contribution is -0.141. The van der Waals surface area contributed by atoms with Gasteiger partial charge in [-0.3, -0.25) is 33.6 Å². The summed E-state index contributed by atoms with van der Waals surface area (Å²) in [4.78, 5) is 108. The van der Waals surface area contributed by atoms with E-state index in [4.69, 9.17) is 43.1 Å². The number of methoxy groups -OCH3 is 7. The summed E-state index contributed by atoms with van der Waals surface area (Å²) in [5.74, 6) is -3.81. The summed E-state index contributed by atoms with van der Waals surface area (Å²) in [6.45, 7) is 1.85. The first-order valence-corrected chi connectivity index (χ1v) is 22.2. The van der Waals surface area contributed by atoms with Crippen molar-refractivity contribution in [2.45, 2.75) is 77.6 Å². The first kappa shape index (κ1) is 50.8. The number of allylic oxidation sites excluding steroid dienone is 2. The quantitative estimate of drug-likeness (QED) is 0.0969. The zero-order valence-electron chi connectivity index (χ0n) is 37.8. The Hall–Kier alpha value is -6.15. The van der Waals surface area contributed by atoms with Gasteiger partial charge in [-0.15, -0.1) is 0 Å². The number of halogens is 2. The fourth-order valence-corrected chi connectivity index (χ4v) is 9.22. The molecule has 18 nitrogen and oxygen atoms in total. The van der Waals surface area contributed by atoms with Crippen molar-refractivity contribution in [2.24, 2.45) is 0 Å². The number of nitrogens with one attached hydrogen (secondary N) is 2. The molecule has 0 fully saturated rings. The molecule has 0 atom stereocenters. The number of rotatable bonds is 18. The van der Waals surface area contributed by atoms with Crippen molar-refractivity contribution in [1.29, 1.82) is 0 Å². The highest BCUT2D eigenvalue weighted by atomic mass is 79.9. The third-order valence-electron chi connectivity index (χ3n) is 11.3. The van der Waals surface area contributed by atoms with E-state index in [1.807, 2.05) is 6.92 Å². The Kier molecular flexibility index (Phi) is 17.6. The maximum absolute atomic E-state index is 13.2. The first-order valence-electron chi connectivity index (χ1n) is 20.6. The van der Waals surface area contributed by atoms with E-state index in [1.54, 1.807) is 12.1 Å². The highest BCUT2D eigenvalue weighted by Gasteiger charge is 2.30. The highest BCUT2D eigenvalue weighted by Crippen LogP contribution is 2.44. The molecular weight excluding hydrogens is 992 g/mol. The van der Waals surface area contributed by atoms with E-state index in [0.717, 1.165) is 0 Å². The second-order valence-corrected chi connectivity index (χ2v) is 16.6. The summed E-state index contributed by atoms with van der Waals surface area (Å²) in [5, 5.41) is 0. The average Bonchev–Trinajstić information content (AvgIpc) is 4.04. The van der Waals surface area contributed by atoms with Gasteiger partial charge in [0.05, 0.1) is 112 Å². The Morgan fingerprint density at radius 3 is 1.36 bits per heavy atom. The highest BCUT2D eigenvalue weighted by molar-refractivity contribution is 9.11. The molecule has 66 heavy (non-hydrogen) atoms. The lowest BCUT2D eigenvalue weighted by Crippen LogP contribution is -2.08. The molecule has 0 aromatic carbocycles. The molecule has 0 unspecified atom stereocenters. The Balaban J connectivity index is 2.12. The normalized spacial score (nSPS) is 12.2. The van der Waals surface area contributed by atoms with Gasteiger partial charge >= 0.3 is 41.8 Å². The molecule has 2 aliphatic rings. The summed E-state index contributed by atoms with van der Waals surface area (Å²) in [6.07, 6.45) is -0.680. The summed E-state index contributed by atoms with van der Waals surface area (Å²) in [7, 11) is 8.85. The van der Waals surface area contributed by atoms with Gasteiger partial charge in [0.1, 0.15) is 0 Å². The molecule has 3 aromatic heterocycles. The Labute approximate surface area is 396 Å². The molecule has 0 saturated carbocycles. The Morgan fingerprint density at radius 1 is 0.455 bits per heavy atom. The van der Waals surface area contributed by atoms with Crippen molar-refractivity contribution < 1.29 is 66.7 Å². The van der Waals surface area contributed by atoms with Crippen LogP contribution in [0.4, 0.5) is 0 Å². The largest absolute Gasteiger partial charge is 0.469 e. The summed E-state index contributed by atoms with van der Waals surface area (Å²) in [5.41, 5.74) is 7.18. The smallest absolute Gasteiger partial charge is 0.310 e. The van der Waals surface area contributed by atoms with Gasteiger partial charge in [0, 0.05) is 36.7 Å². The summed E-state index contributed by atoms with van der Waals surface area (Å²) >= 11 is 7.66. The third-order valence-corrected chi connectivity index (χ3v) is 12.9. The summed E-state index contributed by atoms with van der Waals surface area (Å²) < 4.78 is 36.2. The van der Waals surface area contributed by atoms with Gasteiger partial charge in [0.25, 0.3) is 0 Å². The topological polar surface area (TPSA) is 241 Å². The lowest BCUT2D eigenvalue weighted by atomic mass is 9.96. The zero-order chi connectivity index (χ0) is 48.4. The Bertz CT molecular complexity index is 2710. The molecule has 5 heterocycles. The maximum atomic E-state index is 13.2. The molecule has 5 rings (SSSR count). The number of carbonyl (C=O) groups is 7. The maximum Gasteiger partial charge on any atom is 0.310 e. The van der Waals surface area contributed by atoms with Crippen molar-refractivity contribution in [3.8, 4) is 0 Å². The van der Waals surface area contributed by atoms with Crippen molar-refractivity contribution in [3.05, 3.63) is 66.1 Å². The second-order valence-electron chi connectivity index (χ2n) is 15.0. The predicted octanol–water partition coefficient (Wildman–Crippen LogP) is 6.93. The van der Waals surface area contributed by atoms with Gasteiger partial charge in [-0.2, -0.15) is 0 Å². The van der Waals surface area contributed by atoms with Crippen molar-refractivity contribution >= 4 is 118 Å². The second kappa shape index (κ2) is 22.8. The van der Waals surface area contributed by atoms with E-state index in [9.17, 15) is 33.6 Å². The predicted molar refractivity (Wildman–Crippen MR) is 247 cm³/mol. The van der Waals surface area contributed by atoms with Crippen LogP contribution in [0.3, 0.4) is 0 Å². The number of fused-ring (bicyclic) bond motifs is 8. The van der Waals surface area contributed by atoms with Gasteiger partial charge in [-0.05, 0) is 121 Å². The number of carbonyl (C=O) groups excluding carboxylic acids is 7. The molecule has 8 bridgehead atoms. The van der Waals surface area contributed by atoms with Crippen molar-refractivity contribution in [1.82, 2.24) is 19.9 Å². The molecule has 3 aromatic rings. The minimum Gasteiger partial charge on any atom is -0.469 e. The minimum absolute atomic E-state index is 0.00991. The lowest BCUT2D eigenvalue weighted by Gasteiger charge is -2.09. The van der Waals surface area contributed by atoms with Crippen LogP contribution in [0.25, 0.3) is 44.4 Å². The Morgan fingerprint density at radius 2 is 0.848 bits per heavy atom. The SMILES string of the molecule is COC(=O)CCC1=C(CC(=O)OC)c2nc1cc1[nH]c(cc3nc(c(Br)c4[nH]c(c2Br)c(CCC(=O)OC)c4C)C(CCC(=O)OC)=C3CC(=O)OC)c(CCC(=O)OC)c1CC(=O)OC. The molecule has 2 aliphatic heterocycles. The zero-order valence-corrected chi connectivity index (χ0v) is 41.0. The van der Waals surface area contributed by atoms with E-state index in [1.165, 1.54) is 49.8 Å².